The van der Waals surface area contributed by atoms with Gasteiger partial charge in [0.05, 0.1) is 13.2 Å². The highest BCUT2D eigenvalue weighted by atomic mass is 19.1. The molecule has 0 aliphatic carbocycles. The molecule has 6 heteroatoms. The molecule has 0 spiro atoms. The molecule has 1 saturated heterocycles. The summed E-state index contributed by atoms with van der Waals surface area (Å²) in [4.78, 5) is 0. The minimum atomic E-state index is -0.900. The summed E-state index contributed by atoms with van der Waals surface area (Å²) < 4.78 is 54.6. The fourth-order valence-corrected chi connectivity index (χ4v) is 4.25. The second-order valence-electron chi connectivity index (χ2n) is 8.57. The molecule has 0 unspecified atom stereocenters. The smallest absolute Gasteiger partial charge is 0.183 e. The first kappa shape index (κ1) is 23.3. The maximum Gasteiger partial charge on any atom is 0.183 e. The van der Waals surface area contributed by atoms with E-state index < -0.39 is 23.5 Å². The van der Waals surface area contributed by atoms with Crippen LogP contribution in [-0.2, 0) is 22.3 Å². The Bertz CT molecular complexity index is 1160. The van der Waals surface area contributed by atoms with Crippen LogP contribution in [0.5, 0.6) is 0 Å². The summed E-state index contributed by atoms with van der Waals surface area (Å²) in [7, 11) is 0. The molecule has 1 fully saturated rings. The van der Waals surface area contributed by atoms with Gasteiger partial charge in [0.15, 0.2) is 6.29 Å². The Kier molecular flexibility index (Phi) is 7.32. The molecule has 1 heterocycles. The van der Waals surface area contributed by atoms with E-state index in [4.69, 9.17) is 14.7 Å². The Balaban J connectivity index is 1.46. The topological polar surface area (TPSA) is 42.2 Å². The van der Waals surface area contributed by atoms with Crippen molar-refractivity contribution in [2.75, 3.05) is 13.2 Å². The molecule has 0 amide bonds. The van der Waals surface area contributed by atoms with Crippen molar-refractivity contribution >= 4 is 10.8 Å². The molecule has 3 aromatic carbocycles. The third kappa shape index (κ3) is 5.21. The number of halogens is 3. The lowest BCUT2D eigenvalue weighted by Gasteiger charge is -2.29. The Labute approximate surface area is 191 Å². The number of unbranched alkanes of at least 4 members (excludes halogenated alkanes) is 1. The van der Waals surface area contributed by atoms with E-state index in [-0.39, 0.29) is 18.7 Å². The van der Waals surface area contributed by atoms with E-state index in [9.17, 15) is 8.78 Å². The van der Waals surface area contributed by atoms with Gasteiger partial charge in [0, 0.05) is 16.9 Å². The van der Waals surface area contributed by atoms with Gasteiger partial charge in [0.2, 0.25) is 0 Å². The zero-order valence-electron chi connectivity index (χ0n) is 18.5. The highest BCUT2D eigenvalue weighted by Crippen LogP contribution is 2.31. The van der Waals surface area contributed by atoms with Crippen LogP contribution in [0, 0.1) is 34.7 Å². The van der Waals surface area contributed by atoms with Crippen molar-refractivity contribution in [1.82, 2.24) is 0 Å². The Morgan fingerprint density at radius 3 is 2.36 bits per heavy atom. The minimum Gasteiger partial charge on any atom is -0.348 e. The zero-order valence-corrected chi connectivity index (χ0v) is 18.5. The zero-order chi connectivity index (χ0) is 23.4. The number of fused-ring (bicyclic) bond motifs is 1. The number of nitriles is 1. The van der Waals surface area contributed by atoms with Crippen LogP contribution in [0.2, 0.25) is 0 Å². The van der Waals surface area contributed by atoms with E-state index in [1.807, 2.05) is 18.2 Å². The number of nitrogens with zero attached hydrogens (tertiary/aromatic N) is 1. The summed E-state index contributed by atoms with van der Waals surface area (Å²) in [5.74, 6) is -1.73. The van der Waals surface area contributed by atoms with Gasteiger partial charge in [0.25, 0.3) is 0 Å². The van der Waals surface area contributed by atoms with E-state index in [0.29, 0.717) is 35.6 Å². The highest BCUT2D eigenvalue weighted by molar-refractivity contribution is 5.84. The van der Waals surface area contributed by atoms with E-state index in [1.54, 1.807) is 12.1 Å². The summed E-state index contributed by atoms with van der Waals surface area (Å²) in [6.07, 6.45) is 3.49. The van der Waals surface area contributed by atoms with E-state index in [1.165, 1.54) is 6.07 Å². The summed E-state index contributed by atoms with van der Waals surface area (Å²) in [5, 5.41) is 10.0. The van der Waals surface area contributed by atoms with Gasteiger partial charge >= 0.3 is 0 Å². The van der Waals surface area contributed by atoms with Crippen LogP contribution in [0.25, 0.3) is 10.8 Å². The van der Waals surface area contributed by atoms with E-state index in [2.05, 4.69) is 6.92 Å². The number of hydrogen-bond donors (Lipinski definition) is 0. The molecule has 3 nitrogen and oxygen atoms in total. The van der Waals surface area contributed by atoms with Gasteiger partial charge < -0.3 is 9.47 Å². The third-order valence-corrected chi connectivity index (χ3v) is 6.16. The van der Waals surface area contributed by atoms with Gasteiger partial charge in [-0.2, -0.15) is 5.26 Å². The van der Waals surface area contributed by atoms with Crippen LogP contribution in [0.15, 0.2) is 42.5 Å². The molecule has 1 aliphatic rings. The van der Waals surface area contributed by atoms with E-state index in [0.717, 1.165) is 42.3 Å². The number of aryl methyl sites for hydroxylation is 2. The van der Waals surface area contributed by atoms with Crippen LogP contribution in [0.4, 0.5) is 13.2 Å². The monoisotopic (exact) mass is 453 g/mol. The van der Waals surface area contributed by atoms with E-state index >= 15 is 4.39 Å². The van der Waals surface area contributed by atoms with Gasteiger partial charge in [-0.3, -0.25) is 0 Å². The second kappa shape index (κ2) is 10.4. The van der Waals surface area contributed by atoms with Gasteiger partial charge in [-0.1, -0.05) is 44.0 Å². The van der Waals surface area contributed by atoms with Gasteiger partial charge in [0.1, 0.15) is 29.1 Å². The predicted octanol–water partition coefficient (Wildman–Crippen LogP) is 6.77. The number of ether oxygens (including phenoxy) is 2. The lowest BCUT2D eigenvalue weighted by molar-refractivity contribution is -0.206. The Morgan fingerprint density at radius 2 is 1.70 bits per heavy atom. The lowest BCUT2D eigenvalue weighted by Crippen LogP contribution is -2.27. The molecular formula is C27H26F3NO2. The van der Waals surface area contributed by atoms with Crippen molar-refractivity contribution in [2.45, 2.75) is 45.3 Å². The molecule has 3 aromatic rings. The molecule has 0 aromatic heterocycles. The largest absolute Gasteiger partial charge is 0.348 e. The van der Waals surface area contributed by atoms with Crippen molar-refractivity contribution < 1.29 is 22.6 Å². The number of hydrogen-bond acceptors (Lipinski definition) is 3. The standard InChI is InChI=1S/C27H26F3NO2/c1-2-3-4-18-15-32-27(33-16-18)21-9-10-22-20(13-21)8-7-19(26(22)30)6-5-17-11-24(28)23(14-31)25(29)12-17/h7-13,18,27H,2-6,15-16H2,1H3. The van der Waals surface area contributed by atoms with Crippen LogP contribution >= 0.6 is 0 Å². The molecule has 4 rings (SSSR count). The molecule has 0 N–H and O–H groups in total. The van der Waals surface area contributed by atoms with Gasteiger partial charge in [-0.25, -0.2) is 13.2 Å². The van der Waals surface area contributed by atoms with Crippen molar-refractivity contribution in [3.05, 3.63) is 82.2 Å². The Morgan fingerprint density at radius 1 is 0.970 bits per heavy atom. The normalized spacial score (nSPS) is 18.4. The van der Waals surface area contributed by atoms with Crippen molar-refractivity contribution in [3.8, 4) is 6.07 Å². The fraction of sp³-hybridized carbons (Fsp3) is 0.370. The molecule has 172 valence electrons. The molecule has 0 saturated carbocycles. The second-order valence-corrected chi connectivity index (χ2v) is 8.57. The average molecular weight is 454 g/mol. The van der Waals surface area contributed by atoms with Gasteiger partial charge in [-0.15, -0.1) is 0 Å². The fourth-order valence-electron chi connectivity index (χ4n) is 4.25. The van der Waals surface area contributed by atoms with Crippen molar-refractivity contribution in [1.29, 1.82) is 5.26 Å². The van der Waals surface area contributed by atoms with Crippen LogP contribution < -0.4 is 0 Å². The van der Waals surface area contributed by atoms with Crippen molar-refractivity contribution in [2.24, 2.45) is 5.92 Å². The van der Waals surface area contributed by atoms with Crippen LogP contribution in [0.1, 0.15) is 54.7 Å². The molecule has 1 aliphatic heterocycles. The Hall–Kier alpha value is -2.88. The van der Waals surface area contributed by atoms with Crippen LogP contribution in [0.3, 0.4) is 0 Å². The molecule has 33 heavy (non-hydrogen) atoms. The third-order valence-electron chi connectivity index (χ3n) is 6.16. The maximum absolute atomic E-state index is 15.1. The van der Waals surface area contributed by atoms with Crippen LogP contribution in [-0.4, -0.2) is 13.2 Å². The summed E-state index contributed by atoms with van der Waals surface area (Å²) in [6.45, 7) is 3.48. The SMILES string of the molecule is CCCCC1COC(c2ccc3c(F)c(CCc4cc(F)c(C#N)c(F)c4)ccc3c2)OC1. The first-order valence-corrected chi connectivity index (χ1v) is 11.3. The average Bonchev–Trinajstić information content (AvgIpc) is 2.82. The predicted molar refractivity (Wildman–Crippen MR) is 120 cm³/mol. The maximum atomic E-state index is 15.1. The summed E-state index contributed by atoms with van der Waals surface area (Å²) in [5.41, 5.74) is 1.09. The molecular weight excluding hydrogens is 427 g/mol. The number of benzene rings is 3. The summed E-state index contributed by atoms with van der Waals surface area (Å²) in [6, 6.07) is 12.7. The first-order valence-electron chi connectivity index (χ1n) is 11.3. The lowest BCUT2D eigenvalue weighted by atomic mass is 9.98. The van der Waals surface area contributed by atoms with Gasteiger partial charge in [-0.05, 0) is 54.0 Å². The highest BCUT2D eigenvalue weighted by Gasteiger charge is 2.23. The molecule has 0 radical (unpaired) electrons. The first-order chi connectivity index (χ1) is 16.0. The number of rotatable bonds is 7. The molecule has 0 bridgehead atoms. The van der Waals surface area contributed by atoms with Crippen molar-refractivity contribution in [3.63, 3.8) is 0 Å². The quantitative estimate of drug-likeness (QED) is 0.397. The molecule has 0 atom stereocenters. The summed E-state index contributed by atoms with van der Waals surface area (Å²) >= 11 is 0. The minimum absolute atomic E-state index is 0.253.